The molecule has 0 aromatic heterocycles. The van der Waals surface area contributed by atoms with E-state index >= 15 is 0 Å². The molecule has 1 atom stereocenters. The number of ether oxygens (including phenoxy) is 1. The minimum Gasteiger partial charge on any atom is -0.504 e. The van der Waals surface area contributed by atoms with Gasteiger partial charge < -0.3 is 25.6 Å². The smallest absolute Gasteiger partial charge is 0.319 e. The highest BCUT2D eigenvalue weighted by molar-refractivity contribution is 5.89. The average molecular weight is 302 g/mol. The van der Waals surface area contributed by atoms with Gasteiger partial charge >= 0.3 is 6.03 Å². The Labute approximate surface area is 128 Å². The van der Waals surface area contributed by atoms with E-state index in [1.807, 2.05) is 30.3 Å². The highest BCUT2D eigenvalue weighted by atomic mass is 16.5. The standard InChI is InChI=1S/C16H18N2O4/c1-22-15-8-7-12(9-14(15)20)17-16(21)18-13(10-19)11-5-3-2-4-6-11/h2-9,13,19-20H,10H2,1H3,(H2,17,18,21). The summed E-state index contributed by atoms with van der Waals surface area (Å²) in [5.41, 5.74) is 1.22. The van der Waals surface area contributed by atoms with Crippen LogP contribution in [-0.2, 0) is 0 Å². The molecule has 22 heavy (non-hydrogen) atoms. The first-order valence-electron chi connectivity index (χ1n) is 6.74. The normalized spacial score (nSPS) is 11.5. The predicted molar refractivity (Wildman–Crippen MR) is 83.1 cm³/mol. The maximum atomic E-state index is 12.0. The zero-order chi connectivity index (χ0) is 15.9. The van der Waals surface area contributed by atoms with Crippen molar-refractivity contribution >= 4 is 11.7 Å². The van der Waals surface area contributed by atoms with E-state index in [0.717, 1.165) is 5.56 Å². The first-order chi connectivity index (χ1) is 10.6. The number of benzene rings is 2. The molecule has 0 spiro atoms. The van der Waals surface area contributed by atoms with Crippen molar-refractivity contribution in [3.8, 4) is 11.5 Å². The molecule has 6 nitrogen and oxygen atoms in total. The third-order valence-corrected chi connectivity index (χ3v) is 3.13. The Morgan fingerprint density at radius 2 is 1.95 bits per heavy atom. The lowest BCUT2D eigenvalue weighted by molar-refractivity contribution is 0.225. The van der Waals surface area contributed by atoms with Gasteiger partial charge in [-0.05, 0) is 17.7 Å². The number of carbonyl (C=O) groups excluding carboxylic acids is 1. The van der Waals surface area contributed by atoms with Gasteiger partial charge in [0.15, 0.2) is 11.5 Å². The number of carbonyl (C=O) groups is 1. The van der Waals surface area contributed by atoms with Crippen molar-refractivity contribution in [3.05, 3.63) is 54.1 Å². The molecule has 0 aliphatic rings. The van der Waals surface area contributed by atoms with Gasteiger partial charge in [-0.25, -0.2) is 4.79 Å². The minimum atomic E-state index is -0.506. The van der Waals surface area contributed by atoms with Crippen LogP contribution in [0.15, 0.2) is 48.5 Å². The Morgan fingerprint density at radius 1 is 1.23 bits per heavy atom. The highest BCUT2D eigenvalue weighted by Gasteiger charge is 2.13. The van der Waals surface area contributed by atoms with Gasteiger partial charge in [-0.1, -0.05) is 30.3 Å². The van der Waals surface area contributed by atoms with Crippen LogP contribution in [0.5, 0.6) is 11.5 Å². The van der Waals surface area contributed by atoms with Crippen molar-refractivity contribution in [2.75, 3.05) is 19.0 Å². The molecule has 0 aliphatic heterocycles. The van der Waals surface area contributed by atoms with Crippen molar-refractivity contribution in [2.24, 2.45) is 0 Å². The molecule has 116 valence electrons. The molecule has 4 N–H and O–H groups in total. The van der Waals surface area contributed by atoms with Gasteiger partial charge in [0, 0.05) is 11.8 Å². The molecule has 0 saturated carbocycles. The monoisotopic (exact) mass is 302 g/mol. The van der Waals surface area contributed by atoms with Crippen molar-refractivity contribution in [2.45, 2.75) is 6.04 Å². The molecule has 2 aromatic rings. The summed E-state index contributed by atoms with van der Waals surface area (Å²) in [6.07, 6.45) is 0. The number of phenolic OH excluding ortho intramolecular Hbond substituents is 1. The molecule has 0 radical (unpaired) electrons. The van der Waals surface area contributed by atoms with Crippen LogP contribution < -0.4 is 15.4 Å². The molecule has 0 aliphatic carbocycles. The third kappa shape index (κ3) is 3.89. The summed E-state index contributed by atoms with van der Waals surface area (Å²) in [4.78, 5) is 12.0. The van der Waals surface area contributed by atoms with E-state index < -0.39 is 12.1 Å². The van der Waals surface area contributed by atoms with Crippen molar-refractivity contribution < 1.29 is 19.7 Å². The number of hydrogen-bond donors (Lipinski definition) is 4. The van der Waals surface area contributed by atoms with Gasteiger partial charge in [-0.2, -0.15) is 0 Å². The van der Waals surface area contributed by atoms with E-state index in [9.17, 15) is 15.0 Å². The summed E-state index contributed by atoms with van der Waals surface area (Å²) in [5, 5.41) is 24.3. The van der Waals surface area contributed by atoms with Gasteiger partial charge in [0.2, 0.25) is 0 Å². The Morgan fingerprint density at radius 3 is 2.55 bits per heavy atom. The van der Waals surface area contributed by atoms with E-state index in [2.05, 4.69) is 10.6 Å². The lowest BCUT2D eigenvalue weighted by Gasteiger charge is -2.17. The number of phenols is 1. The van der Waals surface area contributed by atoms with Crippen LogP contribution in [0.1, 0.15) is 11.6 Å². The molecule has 2 amide bonds. The molecule has 0 fully saturated rings. The molecule has 1 unspecified atom stereocenters. The minimum absolute atomic E-state index is 0.0675. The van der Waals surface area contributed by atoms with Gasteiger partial charge in [-0.15, -0.1) is 0 Å². The Hall–Kier alpha value is -2.73. The first-order valence-corrected chi connectivity index (χ1v) is 6.74. The number of aromatic hydroxyl groups is 1. The first kappa shape index (κ1) is 15.7. The fourth-order valence-corrected chi connectivity index (χ4v) is 2.01. The number of methoxy groups -OCH3 is 1. The fourth-order valence-electron chi connectivity index (χ4n) is 2.01. The number of nitrogens with one attached hydrogen (secondary N) is 2. The van der Waals surface area contributed by atoms with Gasteiger partial charge in [0.1, 0.15) is 0 Å². The van der Waals surface area contributed by atoms with Gasteiger partial charge in [-0.3, -0.25) is 0 Å². The summed E-state index contributed by atoms with van der Waals surface area (Å²) < 4.78 is 4.93. The van der Waals surface area contributed by atoms with Gasteiger partial charge in [0.25, 0.3) is 0 Å². The molecule has 2 aromatic carbocycles. The summed E-state index contributed by atoms with van der Waals surface area (Å²) in [6, 6.07) is 12.7. The molecule has 0 bridgehead atoms. The maximum Gasteiger partial charge on any atom is 0.319 e. The van der Waals surface area contributed by atoms with Crippen molar-refractivity contribution in [1.82, 2.24) is 5.32 Å². The van der Waals surface area contributed by atoms with Crippen LogP contribution in [0.25, 0.3) is 0 Å². The van der Waals surface area contributed by atoms with Crippen molar-refractivity contribution in [1.29, 1.82) is 0 Å². The van der Waals surface area contributed by atoms with Crippen LogP contribution in [0.3, 0.4) is 0 Å². The van der Waals surface area contributed by atoms with Gasteiger partial charge in [0.05, 0.1) is 19.8 Å². The number of urea groups is 1. The zero-order valence-corrected chi connectivity index (χ0v) is 12.1. The van der Waals surface area contributed by atoms with E-state index in [-0.39, 0.29) is 12.4 Å². The average Bonchev–Trinajstić information content (AvgIpc) is 2.53. The lowest BCUT2D eigenvalue weighted by Crippen LogP contribution is -2.34. The summed E-state index contributed by atoms with van der Waals surface area (Å²) >= 11 is 0. The number of aliphatic hydroxyl groups is 1. The highest BCUT2D eigenvalue weighted by Crippen LogP contribution is 2.28. The molecule has 2 rings (SSSR count). The zero-order valence-electron chi connectivity index (χ0n) is 12.1. The Bertz CT molecular complexity index is 631. The summed E-state index contributed by atoms with van der Waals surface area (Å²) in [6.45, 7) is -0.217. The second kappa shape index (κ2) is 7.33. The summed E-state index contributed by atoms with van der Waals surface area (Å²) in [7, 11) is 1.45. The number of amides is 2. The lowest BCUT2D eigenvalue weighted by atomic mass is 10.1. The van der Waals surface area contributed by atoms with Crippen LogP contribution in [-0.4, -0.2) is 30.0 Å². The SMILES string of the molecule is COc1ccc(NC(=O)NC(CO)c2ccccc2)cc1O. The molecule has 0 heterocycles. The second-order valence-corrected chi connectivity index (χ2v) is 4.63. The Kier molecular flexibility index (Phi) is 5.21. The third-order valence-electron chi connectivity index (χ3n) is 3.13. The van der Waals surface area contributed by atoms with Crippen LogP contribution in [0.4, 0.5) is 10.5 Å². The number of anilines is 1. The van der Waals surface area contributed by atoms with E-state index in [1.165, 1.54) is 13.2 Å². The van der Waals surface area contributed by atoms with E-state index in [4.69, 9.17) is 4.74 Å². The Balaban J connectivity index is 2.01. The van der Waals surface area contributed by atoms with E-state index in [1.54, 1.807) is 12.1 Å². The quantitative estimate of drug-likeness (QED) is 0.682. The molecular weight excluding hydrogens is 284 g/mol. The molecule has 6 heteroatoms. The van der Waals surface area contributed by atoms with Crippen LogP contribution in [0.2, 0.25) is 0 Å². The van der Waals surface area contributed by atoms with E-state index in [0.29, 0.717) is 11.4 Å². The van der Waals surface area contributed by atoms with Crippen molar-refractivity contribution in [3.63, 3.8) is 0 Å². The molecule has 0 saturated heterocycles. The van der Waals surface area contributed by atoms with Crippen LogP contribution in [0, 0.1) is 0 Å². The maximum absolute atomic E-state index is 12.0. The molecular formula is C16H18N2O4. The number of hydrogen-bond acceptors (Lipinski definition) is 4. The number of aliphatic hydroxyl groups excluding tert-OH is 1. The van der Waals surface area contributed by atoms with Crippen LogP contribution >= 0.6 is 0 Å². The number of rotatable bonds is 5. The second-order valence-electron chi connectivity index (χ2n) is 4.63. The largest absolute Gasteiger partial charge is 0.504 e. The predicted octanol–water partition coefficient (Wildman–Crippen LogP) is 2.26. The fraction of sp³-hybridized carbons (Fsp3) is 0.188. The summed E-state index contributed by atoms with van der Waals surface area (Å²) in [5.74, 6) is 0.255. The topological polar surface area (TPSA) is 90.8 Å².